The number of alkyl halides is 5. The zero-order chi connectivity index (χ0) is 17.1. The fourth-order valence-electron chi connectivity index (χ4n) is 1.14. The molecule has 0 fully saturated rings. The van der Waals surface area contributed by atoms with Crippen molar-refractivity contribution in [3.63, 3.8) is 0 Å². The fourth-order valence-corrected chi connectivity index (χ4v) is 1.14. The van der Waals surface area contributed by atoms with E-state index in [1.807, 2.05) is 0 Å². The van der Waals surface area contributed by atoms with Crippen LogP contribution >= 0.6 is 0 Å². The van der Waals surface area contributed by atoms with E-state index in [9.17, 15) is 36.6 Å². The highest BCUT2D eigenvalue weighted by molar-refractivity contribution is 6.05. The summed E-state index contributed by atoms with van der Waals surface area (Å²) >= 11 is 0. The Kier molecular flexibility index (Phi) is 6.09. The van der Waals surface area contributed by atoms with Gasteiger partial charge in [-0.15, -0.1) is 0 Å². The quantitative estimate of drug-likeness (QED) is 0.459. The van der Waals surface area contributed by atoms with Gasteiger partial charge in [0, 0.05) is 0 Å². The summed E-state index contributed by atoms with van der Waals surface area (Å²) in [5.74, 6) is -10.9. The number of rotatable bonds is 6. The molecule has 124 valence electrons. The molecule has 0 radical (unpaired) electrons. The van der Waals surface area contributed by atoms with Gasteiger partial charge in [-0.05, 0) is 20.3 Å². The number of esters is 2. The molecular weight excluding hydrogens is 307 g/mol. The van der Waals surface area contributed by atoms with Gasteiger partial charge in [-0.1, -0.05) is 6.92 Å². The second kappa shape index (κ2) is 6.54. The Morgan fingerprint density at radius 1 is 1.10 bits per heavy atom. The molecule has 0 heterocycles. The summed E-state index contributed by atoms with van der Waals surface area (Å²) in [6.07, 6.45) is -7.41. The maximum absolute atomic E-state index is 13.4. The summed E-state index contributed by atoms with van der Waals surface area (Å²) in [5, 5.41) is 9.47. The Balaban J connectivity index is 5.77. The lowest BCUT2D eigenvalue weighted by molar-refractivity contribution is -0.333. The molecule has 0 aliphatic carbocycles. The lowest BCUT2D eigenvalue weighted by atomic mass is 9.95. The average molecular weight is 322 g/mol. The van der Waals surface area contributed by atoms with E-state index >= 15 is 0 Å². The monoisotopic (exact) mass is 322 g/mol. The summed E-state index contributed by atoms with van der Waals surface area (Å²) in [4.78, 5) is 22.8. The van der Waals surface area contributed by atoms with Gasteiger partial charge >= 0.3 is 29.6 Å². The molecule has 0 aromatic rings. The number of hydrogen-bond acceptors (Lipinski definition) is 5. The van der Waals surface area contributed by atoms with Gasteiger partial charge in [-0.25, -0.2) is 9.59 Å². The highest BCUT2D eigenvalue weighted by Gasteiger charge is 2.78. The van der Waals surface area contributed by atoms with E-state index in [1.54, 1.807) is 0 Å². The predicted octanol–water partition coefficient (Wildman–Crippen LogP) is 1.82. The molecule has 0 amide bonds. The first-order valence-corrected chi connectivity index (χ1v) is 5.87. The van der Waals surface area contributed by atoms with E-state index in [-0.39, 0.29) is 6.42 Å². The molecule has 1 N–H and O–H groups in total. The Bertz CT molecular complexity index is 393. The molecule has 0 bridgehead atoms. The van der Waals surface area contributed by atoms with Crippen LogP contribution in [-0.2, 0) is 19.1 Å². The first kappa shape index (κ1) is 19.6. The second-order valence-electron chi connectivity index (χ2n) is 4.37. The van der Waals surface area contributed by atoms with Crippen LogP contribution in [0.3, 0.4) is 0 Å². The summed E-state index contributed by atoms with van der Waals surface area (Å²) < 4.78 is 72.1. The Morgan fingerprint density at radius 3 is 1.90 bits per heavy atom. The number of carbonyl (C=O) groups excluding carboxylic acids is 2. The van der Waals surface area contributed by atoms with Crippen LogP contribution < -0.4 is 0 Å². The van der Waals surface area contributed by atoms with Crippen LogP contribution in [0, 0.1) is 0 Å². The first-order chi connectivity index (χ1) is 9.32. The lowest BCUT2D eigenvalue weighted by Crippen LogP contribution is -2.67. The number of carbonyl (C=O) groups is 2. The predicted molar refractivity (Wildman–Crippen MR) is 58.4 cm³/mol. The van der Waals surface area contributed by atoms with Crippen LogP contribution in [0.5, 0.6) is 0 Å². The Labute approximate surface area is 117 Å². The van der Waals surface area contributed by atoms with Crippen molar-refractivity contribution in [1.29, 1.82) is 0 Å². The Hall–Kier alpha value is -1.45. The van der Waals surface area contributed by atoms with Gasteiger partial charge in [-0.3, -0.25) is 0 Å². The van der Waals surface area contributed by atoms with Gasteiger partial charge < -0.3 is 14.6 Å². The van der Waals surface area contributed by atoms with Crippen molar-refractivity contribution >= 4 is 11.9 Å². The SMILES string of the molecule is CCCOC(=O)C(O)(C(=O)OC(C)C)C(F)(F)C(F)(F)F. The minimum atomic E-state index is -6.36. The number of halogens is 5. The normalized spacial score (nSPS) is 15.5. The third kappa shape index (κ3) is 3.80. The maximum Gasteiger partial charge on any atom is 0.457 e. The number of ether oxygens (including phenoxy) is 2. The zero-order valence-electron chi connectivity index (χ0n) is 11.5. The minimum Gasteiger partial charge on any atom is -0.463 e. The number of aliphatic hydroxyl groups is 1. The lowest BCUT2D eigenvalue weighted by Gasteiger charge is -2.32. The highest BCUT2D eigenvalue weighted by atomic mass is 19.4. The van der Waals surface area contributed by atoms with Crippen molar-refractivity contribution in [3.05, 3.63) is 0 Å². The maximum atomic E-state index is 13.4. The van der Waals surface area contributed by atoms with Crippen molar-refractivity contribution in [3.8, 4) is 0 Å². The second-order valence-corrected chi connectivity index (χ2v) is 4.37. The summed E-state index contributed by atoms with van der Waals surface area (Å²) in [6, 6.07) is 0. The van der Waals surface area contributed by atoms with Gasteiger partial charge in [0.15, 0.2) is 0 Å². The van der Waals surface area contributed by atoms with E-state index in [2.05, 4.69) is 9.47 Å². The summed E-state index contributed by atoms with van der Waals surface area (Å²) in [6.45, 7) is 3.16. The van der Waals surface area contributed by atoms with E-state index in [0.29, 0.717) is 0 Å². The summed E-state index contributed by atoms with van der Waals surface area (Å²) in [7, 11) is 0. The molecule has 10 heteroatoms. The molecule has 1 unspecified atom stereocenters. The standard InChI is InChI=1S/C11H15F5O5/c1-4-5-20-7(17)9(19,8(18)21-6(2)3)10(12,13)11(14,15)16/h6,19H,4-5H2,1-3H3. The molecule has 0 saturated heterocycles. The third-order valence-electron chi connectivity index (χ3n) is 2.18. The van der Waals surface area contributed by atoms with E-state index < -0.39 is 42.3 Å². The van der Waals surface area contributed by atoms with Gasteiger partial charge in [0.25, 0.3) is 0 Å². The van der Waals surface area contributed by atoms with Gasteiger partial charge in [0.2, 0.25) is 0 Å². The minimum absolute atomic E-state index is 0.0820. The molecule has 5 nitrogen and oxygen atoms in total. The highest BCUT2D eigenvalue weighted by Crippen LogP contribution is 2.44. The summed E-state index contributed by atoms with van der Waals surface area (Å²) in [5.41, 5.74) is -4.80. The smallest absolute Gasteiger partial charge is 0.457 e. The van der Waals surface area contributed by atoms with Crippen molar-refractivity contribution in [2.75, 3.05) is 6.61 Å². The van der Waals surface area contributed by atoms with Gasteiger partial charge in [0.1, 0.15) is 0 Å². The van der Waals surface area contributed by atoms with Crippen LogP contribution in [0.25, 0.3) is 0 Å². The molecule has 1 atom stereocenters. The van der Waals surface area contributed by atoms with Crippen LogP contribution in [0.2, 0.25) is 0 Å². The van der Waals surface area contributed by atoms with E-state index in [0.717, 1.165) is 13.8 Å². The molecule has 0 rings (SSSR count). The van der Waals surface area contributed by atoms with Crippen LogP contribution in [-0.4, -0.2) is 47.5 Å². The molecule has 0 saturated carbocycles. The van der Waals surface area contributed by atoms with E-state index in [4.69, 9.17) is 0 Å². The van der Waals surface area contributed by atoms with Crippen LogP contribution in [0.15, 0.2) is 0 Å². The first-order valence-electron chi connectivity index (χ1n) is 5.87. The van der Waals surface area contributed by atoms with Gasteiger partial charge in [0.05, 0.1) is 12.7 Å². The fraction of sp³-hybridized carbons (Fsp3) is 0.818. The largest absolute Gasteiger partial charge is 0.463 e. The Morgan fingerprint density at radius 2 is 1.57 bits per heavy atom. The number of hydrogen-bond donors (Lipinski definition) is 1. The van der Waals surface area contributed by atoms with Crippen LogP contribution in [0.1, 0.15) is 27.2 Å². The van der Waals surface area contributed by atoms with Crippen LogP contribution in [0.4, 0.5) is 22.0 Å². The zero-order valence-corrected chi connectivity index (χ0v) is 11.5. The van der Waals surface area contributed by atoms with Crippen molar-refractivity contribution in [1.82, 2.24) is 0 Å². The molecule has 0 aliphatic rings. The van der Waals surface area contributed by atoms with Crippen molar-refractivity contribution in [2.45, 2.75) is 51.0 Å². The topological polar surface area (TPSA) is 72.8 Å². The molecule has 21 heavy (non-hydrogen) atoms. The van der Waals surface area contributed by atoms with Gasteiger partial charge in [-0.2, -0.15) is 22.0 Å². The van der Waals surface area contributed by atoms with Crippen molar-refractivity contribution in [2.24, 2.45) is 0 Å². The third-order valence-corrected chi connectivity index (χ3v) is 2.18. The van der Waals surface area contributed by atoms with E-state index in [1.165, 1.54) is 6.92 Å². The average Bonchev–Trinajstić information content (AvgIpc) is 2.32. The van der Waals surface area contributed by atoms with Crippen molar-refractivity contribution < 1.29 is 46.1 Å². The molecule has 0 aliphatic heterocycles. The molecule has 0 spiro atoms. The molecular formula is C11H15F5O5. The molecule has 0 aromatic carbocycles. The molecule has 0 aromatic heterocycles.